The fourth-order valence-electron chi connectivity index (χ4n) is 3.66. The van der Waals surface area contributed by atoms with Crippen LogP contribution in [0.5, 0.6) is 5.75 Å². The maximum Gasteiger partial charge on any atom is 0.271 e. The molecule has 0 amide bonds. The lowest BCUT2D eigenvalue weighted by molar-refractivity contribution is 0.298. The molecule has 3 aromatic rings. The van der Waals surface area contributed by atoms with Gasteiger partial charge in [-0.3, -0.25) is 4.40 Å². The number of hydrogen-bond acceptors (Lipinski definition) is 3. The fraction of sp³-hybridized carbons (Fsp3) is 0.381. The zero-order chi connectivity index (χ0) is 18.4. The zero-order valence-electron chi connectivity index (χ0n) is 15.8. The van der Waals surface area contributed by atoms with E-state index in [4.69, 9.17) is 11.3 Å². The predicted molar refractivity (Wildman–Crippen MR) is 119 cm³/mol. The third kappa shape index (κ3) is 4.36. The van der Waals surface area contributed by atoms with Crippen molar-refractivity contribution in [2.45, 2.75) is 31.6 Å². The van der Waals surface area contributed by atoms with Crippen LogP contribution in [-0.2, 0) is 6.42 Å². The highest BCUT2D eigenvalue weighted by atomic mass is 32.1. The Morgan fingerprint density at radius 3 is 2.59 bits per heavy atom. The first-order valence-corrected chi connectivity index (χ1v) is 9.35. The number of halogens is 1. The molecular weight excluding hydrogens is 407 g/mol. The lowest BCUT2D eigenvalue weighted by Crippen LogP contribution is -2.02. The summed E-state index contributed by atoms with van der Waals surface area (Å²) in [5.41, 5.74) is 2.14. The number of hydrogen-bond donors (Lipinski definition) is 0. The average molecular weight is 431 g/mol. The van der Waals surface area contributed by atoms with Gasteiger partial charge < -0.3 is 4.74 Å². The molecule has 0 bridgehead atoms. The maximum atomic E-state index is 13.1. The molecule has 2 aliphatic carbocycles. The van der Waals surface area contributed by atoms with E-state index in [0.29, 0.717) is 41.4 Å². The predicted octanol–water partition coefficient (Wildman–Crippen LogP) is 4.78. The van der Waals surface area contributed by atoms with Crippen LogP contribution in [0.4, 0.5) is 10.1 Å². The Morgan fingerprint density at radius 2 is 1.90 bits per heavy atom. The number of rotatable bonds is 6. The minimum Gasteiger partial charge on any atom is -0.504 e. The van der Waals surface area contributed by atoms with Gasteiger partial charge >= 0.3 is 0 Å². The first-order chi connectivity index (χ1) is 13.2. The summed E-state index contributed by atoms with van der Waals surface area (Å²) in [7, 11) is 0. The Bertz CT molecular complexity index is 1040. The Hall–Kier alpha value is -2.24. The SMILES string of the molecule is S.S.[C-]#[N+]c1c(OC[C@H]2C[C@@H]2c2ccc(F)cc2)ccn2c(CC3CC3)nnc12. The molecule has 0 saturated heterocycles. The van der Waals surface area contributed by atoms with Crippen molar-refractivity contribution in [1.82, 2.24) is 14.6 Å². The number of fused-ring (bicyclic) bond motifs is 1. The number of ether oxygens (including phenoxy) is 1. The van der Waals surface area contributed by atoms with Gasteiger partial charge in [0.15, 0.2) is 5.65 Å². The smallest absolute Gasteiger partial charge is 0.271 e. The molecule has 1 aromatic carbocycles. The van der Waals surface area contributed by atoms with Crippen LogP contribution >= 0.6 is 27.0 Å². The summed E-state index contributed by atoms with van der Waals surface area (Å²) in [5, 5.41) is 8.50. The van der Waals surface area contributed by atoms with Gasteiger partial charge in [0.1, 0.15) is 17.4 Å². The van der Waals surface area contributed by atoms with Gasteiger partial charge in [-0.25, -0.2) is 9.24 Å². The molecule has 0 aliphatic heterocycles. The normalized spacial score (nSPS) is 19.7. The Labute approximate surface area is 183 Å². The van der Waals surface area contributed by atoms with Crippen LogP contribution < -0.4 is 4.74 Å². The molecule has 5 rings (SSSR count). The summed E-state index contributed by atoms with van der Waals surface area (Å²) in [6.45, 7) is 8.10. The van der Waals surface area contributed by atoms with Gasteiger partial charge in [-0.05, 0) is 54.9 Å². The van der Waals surface area contributed by atoms with Crippen LogP contribution in [0.1, 0.15) is 36.6 Å². The molecule has 2 aromatic heterocycles. The van der Waals surface area contributed by atoms with Crippen LogP contribution in [-0.4, -0.2) is 21.2 Å². The van der Waals surface area contributed by atoms with Crippen LogP contribution in [0.2, 0.25) is 0 Å². The van der Waals surface area contributed by atoms with Crippen molar-refractivity contribution in [2.75, 3.05) is 6.61 Å². The first-order valence-electron chi connectivity index (χ1n) is 9.35. The van der Waals surface area contributed by atoms with Crippen molar-refractivity contribution in [1.29, 1.82) is 0 Å². The fourth-order valence-corrected chi connectivity index (χ4v) is 3.66. The highest BCUT2D eigenvalue weighted by Gasteiger charge is 2.39. The monoisotopic (exact) mass is 430 g/mol. The quantitative estimate of drug-likeness (QED) is 0.529. The minimum absolute atomic E-state index is 0. The van der Waals surface area contributed by atoms with Crippen LogP contribution in [0.15, 0.2) is 36.5 Å². The molecule has 0 radical (unpaired) electrons. The van der Waals surface area contributed by atoms with Gasteiger partial charge in [0.2, 0.25) is 0 Å². The van der Waals surface area contributed by atoms with Crippen LogP contribution in [0, 0.1) is 24.2 Å². The second-order valence-corrected chi connectivity index (χ2v) is 7.56. The van der Waals surface area contributed by atoms with Crippen LogP contribution in [0.3, 0.4) is 0 Å². The zero-order valence-corrected chi connectivity index (χ0v) is 17.8. The Balaban J connectivity index is 0.00000120. The van der Waals surface area contributed by atoms with Crippen molar-refractivity contribution in [2.24, 2.45) is 11.8 Å². The summed E-state index contributed by atoms with van der Waals surface area (Å²) in [5.74, 6) is 2.78. The molecule has 2 atom stereocenters. The molecule has 8 heteroatoms. The topological polar surface area (TPSA) is 43.8 Å². The highest BCUT2D eigenvalue weighted by molar-refractivity contribution is 7.59. The molecule has 5 nitrogen and oxygen atoms in total. The summed E-state index contributed by atoms with van der Waals surface area (Å²) >= 11 is 0. The van der Waals surface area contributed by atoms with Gasteiger partial charge in [-0.15, -0.1) is 10.2 Å². The summed E-state index contributed by atoms with van der Waals surface area (Å²) < 4.78 is 20.9. The van der Waals surface area contributed by atoms with E-state index in [9.17, 15) is 4.39 Å². The third-order valence-electron chi connectivity index (χ3n) is 5.54. The molecule has 29 heavy (non-hydrogen) atoms. The van der Waals surface area contributed by atoms with Gasteiger partial charge in [0.05, 0.1) is 13.2 Å². The number of benzene rings is 1. The van der Waals surface area contributed by atoms with Crippen molar-refractivity contribution in [3.05, 3.63) is 65.2 Å². The van der Waals surface area contributed by atoms with Gasteiger partial charge in [-0.2, -0.15) is 27.0 Å². The minimum atomic E-state index is -0.212. The molecule has 0 N–H and O–H groups in total. The van der Waals surface area contributed by atoms with Crippen molar-refractivity contribution in [3.63, 3.8) is 0 Å². The molecule has 0 unspecified atom stereocenters. The van der Waals surface area contributed by atoms with E-state index in [1.54, 1.807) is 0 Å². The summed E-state index contributed by atoms with van der Waals surface area (Å²) in [6, 6.07) is 8.53. The number of pyridine rings is 1. The second-order valence-electron chi connectivity index (χ2n) is 7.56. The second kappa shape index (κ2) is 8.64. The van der Waals surface area contributed by atoms with E-state index >= 15 is 0 Å². The van der Waals surface area contributed by atoms with E-state index in [-0.39, 0.29) is 32.8 Å². The summed E-state index contributed by atoms with van der Waals surface area (Å²) in [4.78, 5) is 3.65. The first kappa shape index (κ1) is 21.5. The van der Waals surface area contributed by atoms with Crippen molar-refractivity contribution >= 4 is 38.3 Å². The van der Waals surface area contributed by atoms with Crippen molar-refractivity contribution < 1.29 is 9.13 Å². The lowest BCUT2D eigenvalue weighted by Gasteiger charge is -2.09. The maximum absolute atomic E-state index is 13.1. The largest absolute Gasteiger partial charge is 0.504 e. The lowest BCUT2D eigenvalue weighted by atomic mass is 10.1. The van der Waals surface area contributed by atoms with Gasteiger partial charge in [0.25, 0.3) is 5.69 Å². The standard InChI is InChI=1S/C21H19FN4O.2H2S/c1-23-20-18(8-9-26-19(10-13-2-3-13)24-25-21(20)26)27-12-15-11-17(15)14-4-6-16(22)7-5-14;;/h4-9,13,15,17H,2-3,10-12H2;2*1H2/t15-,17-;;/m1../s1. The molecule has 0 spiro atoms. The van der Waals surface area contributed by atoms with Gasteiger partial charge in [-0.1, -0.05) is 12.1 Å². The van der Waals surface area contributed by atoms with Crippen LogP contribution in [0.25, 0.3) is 10.5 Å². The van der Waals surface area contributed by atoms with Crippen molar-refractivity contribution in [3.8, 4) is 5.75 Å². The molecule has 2 heterocycles. The summed E-state index contributed by atoms with van der Waals surface area (Å²) in [6.07, 6.45) is 6.35. The number of aromatic nitrogens is 3. The van der Waals surface area contributed by atoms with E-state index in [2.05, 4.69) is 15.0 Å². The third-order valence-corrected chi connectivity index (χ3v) is 5.54. The highest BCUT2D eigenvalue weighted by Crippen LogP contribution is 2.48. The Kier molecular flexibility index (Phi) is 6.39. The average Bonchev–Trinajstić information content (AvgIpc) is 3.59. The van der Waals surface area contributed by atoms with E-state index in [1.807, 2.05) is 28.8 Å². The molecule has 2 saturated carbocycles. The van der Waals surface area contributed by atoms with E-state index < -0.39 is 0 Å². The van der Waals surface area contributed by atoms with E-state index in [1.165, 1.54) is 25.0 Å². The molecule has 2 aliphatic rings. The van der Waals surface area contributed by atoms with E-state index in [0.717, 1.165) is 24.2 Å². The Morgan fingerprint density at radius 1 is 1.14 bits per heavy atom. The molecule has 152 valence electrons. The van der Waals surface area contributed by atoms with Gasteiger partial charge in [0, 0.05) is 18.5 Å². The number of nitrogens with zero attached hydrogens (tertiary/aromatic N) is 4. The molecular formula is C21H23FN4OS2. The molecule has 2 fully saturated rings.